The first-order valence-electron chi connectivity index (χ1n) is 7.14. The Morgan fingerprint density at radius 2 is 2.05 bits per heavy atom. The fourth-order valence-corrected chi connectivity index (χ4v) is 3.33. The van der Waals surface area contributed by atoms with E-state index in [2.05, 4.69) is 16.7 Å². The number of hydrogen-bond acceptors (Lipinski definition) is 5. The van der Waals surface area contributed by atoms with Gasteiger partial charge in [0, 0.05) is 38.5 Å². The monoisotopic (exact) mass is 292 g/mol. The molecule has 19 heavy (non-hydrogen) atoms. The second-order valence-electron chi connectivity index (χ2n) is 5.69. The van der Waals surface area contributed by atoms with Crippen LogP contribution in [0.3, 0.4) is 0 Å². The Kier molecular flexibility index (Phi) is 6.73. The maximum Gasteiger partial charge on any atom is 0.147 e. The Morgan fingerprint density at radius 1 is 1.37 bits per heavy atom. The van der Waals surface area contributed by atoms with Gasteiger partial charge in [-0.25, -0.2) is 8.42 Å². The zero-order valence-electron chi connectivity index (χ0n) is 12.4. The smallest absolute Gasteiger partial charge is 0.147 e. The van der Waals surface area contributed by atoms with Gasteiger partial charge in [0.2, 0.25) is 0 Å². The second-order valence-corrected chi connectivity index (χ2v) is 7.95. The van der Waals surface area contributed by atoms with Gasteiger partial charge in [-0.1, -0.05) is 6.92 Å². The number of aliphatic hydroxyl groups excluding tert-OH is 1. The van der Waals surface area contributed by atoms with E-state index in [0.29, 0.717) is 12.5 Å². The predicted octanol–water partition coefficient (Wildman–Crippen LogP) is 0.198. The summed E-state index contributed by atoms with van der Waals surface area (Å²) in [6.07, 6.45) is 2.79. The van der Waals surface area contributed by atoms with Crippen LogP contribution in [-0.4, -0.2) is 80.2 Å². The van der Waals surface area contributed by atoms with Gasteiger partial charge in [-0.15, -0.1) is 0 Å². The Balaban J connectivity index is 2.37. The molecule has 0 aromatic heterocycles. The third-order valence-corrected chi connectivity index (χ3v) is 4.68. The summed E-state index contributed by atoms with van der Waals surface area (Å²) in [6, 6.07) is 0.474. The van der Waals surface area contributed by atoms with Crippen LogP contribution in [0.4, 0.5) is 0 Å². The lowest BCUT2D eigenvalue weighted by atomic mass is 10.1. The van der Waals surface area contributed by atoms with Crippen molar-refractivity contribution in [1.82, 2.24) is 9.80 Å². The van der Waals surface area contributed by atoms with Gasteiger partial charge in [0.05, 0.1) is 11.9 Å². The molecule has 2 atom stereocenters. The molecule has 5 nitrogen and oxygen atoms in total. The van der Waals surface area contributed by atoms with Crippen molar-refractivity contribution in [2.45, 2.75) is 38.8 Å². The quantitative estimate of drug-likeness (QED) is 0.726. The van der Waals surface area contributed by atoms with Gasteiger partial charge in [0.15, 0.2) is 0 Å². The summed E-state index contributed by atoms with van der Waals surface area (Å²) in [4.78, 5) is 4.69. The summed E-state index contributed by atoms with van der Waals surface area (Å²) >= 11 is 0. The second kappa shape index (κ2) is 7.57. The number of rotatable bonds is 7. The highest BCUT2D eigenvalue weighted by Crippen LogP contribution is 2.13. The topological polar surface area (TPSA) is 60.9 Å². The van der Waals surface area contributed by atoms with Crippen molar-refractivity contribution < 1.29 is 13.5 Å². The molecule has 0 aromatic carbocycles. The summed E-state index contributed by atoms with van der Waals surface area (Å²) in [7, 11) is -2.84. The summed E-state index contributed by atoms with van der Waals surface area (Å²) in [5.74, 6) is 0.275. The molecule has 1 aliphatic rings. The summed E-state index contributed by atoms with van der Waals surface area (Å²) in [5, 5.41) is 9.49. The predicted molar refractivity (Wildman–Crippen MR) is 78.1 cm³/mol. The molecule has 114 valence electrons. The molecule has 1 N–H and O–H groups in total. The number of aliphatic hydroxyl groups is 1. The average molecular weight is 292 g/mol. The van der Waals surface area contributed by atoms with Crippen LogP contribution in [-0.2, 0) is 9.84 Å². The molecular weight excluding hydrogens is 264 g/mol. The third-order valence-electron chi connectivity index (χ3n) is 3.65. The standard InChI is InChI=1S/C13H28N2O3S/c1-4-13-11-14(6-5-9-19(3,17)18)7-8-15(13)10-12(2)16/h12-13,16H,4-11H2,1-3H3. The lowest BCUT2D eigenvalue weighted by molar-refractivity contribution is 0.0368. The summed E-state index contributed by atoms with van der Waals surface area (Å²) < 4.78 is 22.2. The van der Waals surface area contributed by atoms with E-state index >= 15 is 0 Å². The van der Waals surface area contributed by atoms with Crippen molar-refractivity contribution in [1.29, 1.82) is 0 Å². The highest BCUT2D eigenvalue weighted by atomic mass is 32.2. The fraction of sp³-hybridized carbons (Fsp3) is 1.00. The van der Waals surface area contributed by atoms with Crippen LogP contribution >= 0.6 is 0 Å². The average Bonchev–Trinajstić information content (AvgIpc) is 2.28. The van der Waals surface area contributed by atoms with E-state index in [1.807, 2.05) is 6.92 Å². The van der Waals surface area contributed by atoms with Crippen LogP contribution < -0.4 is 0 Å². The molecule has 0 spiro atoms. The van der Waals surface area contributed by atoms with E-state index in [0.717, 1.165) is 39.1 Å². The van der Waals surface area contributed by atoms with Crippen molar-refractivity contribution in [3.8, 4) is 0 Å². The van der Waals surface area contributed by atoms with Crippen LogP contribution in [0.5, 0.6) is 0 Å². The summed E-state index contributed by atoms with van der Waals surface area (Å²) in [6.45, 7) is 8.48. The van der Waals surface area contributed by atoms with Gasteiger partial charge in [0.25, 0.3) is 0 Å². The zero-order chi connectivity index (χ0) is 14.5. The highest BCUT2D eigenvalue weighted by molar-refractivity contribution is 7.90. The highest BCUT2D eigenvalue weighted by Gasteiger charge is 2.26. The molecule has 1 aliphatic heterocycles. The number of nitrogens with zero attached hydrogens (tertiary/aromatic N) is 2. The maximum absolute atomic E-state index is 11.1. The molecule has 1 fully saturated rings. The Labute approximate surface area is 117 Å². The Bertz CT molecular complexity index is 357. The molecule has 0 aromatic rings. The molecule has 0 saturated carbocycles. The van der Waals surface area contributed by atoms with Crippen LogP contribution in [0.15, 0.2) is 0 Å². The number of piperazine rings is 1. The largest absolute Gasteiger partial charge is 0.392 e. The molecular formula is C13H28N2O3S. The van der Waals surface area contributed by atoms with Gasteiger partial charge in [-0.3, -0.25) is 4.90 Å². The molecule has 1 rings (SSSR count). The van der Waals surface area contributed by atoms with Gasteiger partial charge in [-0.05, 0) is 26.3 Å². The van der Waals surface area contributed by atoms with Gasteiger partial charge >= 0.3 is 0 Å². The molecule has 6 heteroatoms. The maximum atomic E-state index is 11.1. The van der Waals surface area contributed by atoms with Gasteiger partial charge in [-0.2, -0.15) is 0 Å². The molecule has 0 radical (unpaired) electrons. The van der Waals surface area contributed by atoms with Crippen molar-refractivity contribution in [3.05, 3.63) is 0 Å². The van der Waals surface area contributed by atoms with Gasteiger partial charge in [0.1, 0.15) is 9.84 Å². The van der Waals surface area contributed by atoms with E-state index in [4.69, 9.17) is 0 Å². The lowest BCUT2D eigenvalue weighted by Gasteiger charge is -2.41. The van der Waals surface area contributed by atoms with Gasteiger partial charge < -0.3 is 10.0 Å². The van der Waals surface area contributed by atoms with E-state index < -0.39 is 9.84 Å². The molecule has 0 amide bonds. The Hall–Kier alpha value is -0.170. The normalized spacial score (nSPS) is 24.5. The first-order chi connectivity index (χ1) is 8.81. The number of sulfone groups is 1. The van der Waals surface area contributed by atoms with Crippen LogP contribution in [0.1, 0.15) is 26.7 Å². The molecule has 1 saturated heterocycles. The van der Waals surface area contributed by atoms with Crippen molar-refractivity contribution >= 4 is 9.84 Å². The van der Waals surface area contributed by atoms with Crippen molar-refractivity contribution in [3.63, 3.8) is 0 Å². The minimum atomic E-state index is -2.84. The van der Waals surface area contributed by atoms with E-state index in [9.17, 15) is 13.5 Å². The Morgan fingerprint density at radius 3 is 2.58 bits per heavy atom. The van der Waals surface area contributed by atoms with E-state index in [1.165, 1.54) is 6.26 Å². The van der Waals surface area contributed by atoms with Crippen LogP contribution in [0.2, 0.25) is 0 Å². The minimum absolute atomic E-state index is 0.275. The molecule has 2 unspecified atom stereocenters. The fourth-order valence-electron chi connectivity index (χ4n) is 2.68. The van der Waals surface area contributed by atoms with Crippen LogP contribution in [0, 0.1) is 0 Å². The minimum Gasteiger partial charge on any atom is -0.392 e. The molecule has 1 heterocycles. The van der Waals surface area contributed by atoms with Crippen molar-refractivity contribution in [2.24, 2.45) is 0 Å². The number of β-amino-alcohol motifs (C(OH)–C–C–N with tert-alkyl or cyclic N) is 1. The first-order valence-corrected chi connectivity index (χ1v) is 9.20. The zero-order valence-corrected chi connectivity index (χ0v) is 13.2. The summed E-state index contributed by atoms with van der Waals surface area (Å²) in [5.41, 5.74) is 0. The molecule has 0 aliphatic carbocycles. The SMILES string of the molecule is CCC1CN(CCCS(C)(=O)=O)CCN1CC(C)O. The first kappa shape index (κ1) is 16.9. The van der Waals surface area contributed by atoms with E-state index in [1.54, 1.807) is 0 Å². The number of hydrogen-bond donors (Lipinski definition) is 1. The lowest BCUT2D eigenvalue weighted by Crippen LogP contribution is -2.54. The van der Waals surface area contributed by atoms with E-state index in [-0.39, 0.29) is 11.9 Å². The molecule has 0 bridgehead atoms. The van der Waals surface area contributed by atoms with Crippen molar-refractivity contribution in [2.75, 3.05) is 44.7 Å². The third kappa shape index (κ3) is 6.70. The van der Waals surface area contributed by atoms with Crippen LogP contribution in [0.25, 0.3) is 0 Å².